The quantitative estimate of drug-likeness (QED) is 0.427. The molecule has 4 atom stereocenters. The molecule has 182 valence electrons. The first-order valence-electron chi connectivity index (χ1n) is 13.2. The van der Waals surface area contributed by atoms with Gasteiger partial charge in [-0.25, -0.2) is 4.39 Å². The van der Waals surface area contributed by atoms with Gasteiger partial charge in [-0.05, 0) is 106 Å². The lowest BCUT2D eigenvalue weighted by molar-refractivity contribution is 0.236. The van der Waals surface area contributed by atoms with Crippen LogP contribution in [0, 0.1) is 17.8 Å². The fraction of sp³-hybridized carbons (Fsp3) is 0.333. The standard InChI is InChI=1S/C33H33FN2/c1-7-18-13-22(36)26-17(5)25-21(35)12-15(3)24-23-14(2)8-9-20-28-19(16(23)4)10-11-33(6,34)32(28)27(18)31(26)29(20)30(24)25/h8-10,13,15,26,31H,4-5,7,11-12,35-36H2,1-3,6H3/b9-8-,14-8?,20-9?,23-14+,24-23?. The lowest BCUT2D eigenvalue weighted by Gasteiger charge is -2.53. The summed E-state index contributed by atoms with van der Waals surface area (Å²) >= 11 is 0. The monoisotopic (exact) mass is 476 g/mol. The number of halogens is 1. The van der Waals surface area contributed by atoms with Crippen molar-refractivity contribution in [2.75, 3.05) is 0 Å². The Morgan fingerprint density at radius 3 is 2.50 bits per heavy atom. The van der Waals surface area contributed by atoms with E-state index in [4.69, 9.17) is 11.5 Å². The highest BCUT2D eigenvalue weighted by molar-refractivity contribution is 5.87. The van der Waals surface area contributed by atoms with E-state index in [1.165, 1.54) is 27.9 Å². The van der Waals surface area contributed by atoms with Gasteiger partial charge in [0.05, 0.1) is 0 Å². The molecular weight excluding hydrogens is 443 g/mol. The summed E-state index contributed by atoms with van der Waals surface area (Å²) in [6, 6.07) is 0. The molecule has 0 aromatic carbocycles. The van der Waals surface area contributed by atoms with Crippen molar-refractivity contribution in [2.24, 2.45) is 29.2 Å². The predicted octanol–water partition coefficient (Wildman–Crippen LogP) is 7.02. The summed E-state index contributed by atoms with van der Waals surface area (Å²) in [5, 5.41) is 0. The molecule has 0 saturated heterocycles. The molecule has 4 unspecified atom stereocenters. The summed E-state index contributed by atoms with van der Waals surface area (Å²) < 4.78 is 16.7. The third-order valence-electron chi connectivity index (χ3n) is 9.56. The Balaban J connectivity index is 1.77. The molecule has 3 heteroatoms. The van der Waals surface area contributed by atoms with Crippen molar-refractivity contribution in [1.82, 2.24) is 0 Å². The number of rotatable bonds is 1. The molecule has 0 aromatic heterocycles. The van der Waals surface area contributed by atoms with Gasteiger partial charge in [0, 0.05) is 40.8 Å². The average molecular weight is 477 g/mol. The lowest BCUT2D eigenvalue weighted by atomic mass is 9.50. The first kappa shape index (κ1) is 21.9. The molecule has 0 amide bonds. The summed E-state index contributed by atoms with van der Waals surface area (Å²) in [6.07, 6.45) is 10.5. The number of allylic oxidation sites excluding steroid dienone is 19. The van der Waals surface area contributed by atoms with Crippen LogP contribution in [0.25, 0.3) is 0 Å². The normalized spacial score (nSPS) is 37.3. The fourth-order valence-electron chi connectivity index (χ4n) is 8.17. The second-order valence-corrected chi connectivity index (χ2v) is 11.7. The Morgan fingerprint density at radius 1 is 1.03 bits per heavy atom. The average Bonchev–Trinajstić information content (AvgIpc) is 2.80. The first-order valence-corrected chi connectivity index (χ1v) is 13.2. The van der Waals surface area contributed by atoms with Gasteiger partial charge in [-0.3, -0.25) is 0 Å². The van der Waals surface area contributed by atoms with Crippen LogP contribution in [0.4, 0.5) is 4.39 Å². The maximum Gasteiger partial charge on any atom is 0.137 e. The van der Waals surface area contributed by atoms with Crippen LogP contribution < -0.4 is 11.5 Å². The second-order valence-electron chi connectivity index (χ2n) is 11.7. The van der Waals surface area contributed by atoms with E-state index in [1.807, 2.05) is 0 Å². The van der Waals surface area contributed by atoms with Crippen LogP contribution in [0.1, 0.15) is 47.0 Å². The molecule has 1 fully saturated rings. The van der Waals surface area contributed by atoms with Gasteiger partial charge in [0.2, 0.25) is 0 Å². The van der Waals surface area contributed by atoms with E-state index in [1.54, 1.807) is 6.92 Å². The second kappa shape index (κ2) is 6.70. The molecule has 8 aliphatic carbocycles. The van der Waals surface area contributed by atoms with E-state index in [-0.39, 0.29) is 17.8 Å². The van der Waals surface area contributed by atoms with Crippen LogP contribution >= 0.6 is 0 Å². The van der Waals surface area contributed by atoms with Gasteiger partial charge < -0.3 is 11.5 Å². The van der Waals surface area contributed by atoms with Gasteiger partial charge in [0.1, 0.15) is 5.67 Å². The van der Waals surface area contributed by atoms with Gasteiger partial charge in [-0.1, -0.05) is 45.2 Å². The summed E-state index contributed by atoms with van der Waals surface area (Å²) in [5.41, 5.74) is 29.4. The van der Waals surface area contributed by atoms with E-state index in [2.05, 4.69) is 58.2 Å². The molecule has 0 radical (unpaired) electrons. The van der Waals surface area contributed by atoms with Crippen molar-refractivity contribution < 1.29 is 4.39 Å². The van der Waals surface area contributed by atoms with Crippen molar-refractivity contribution in [1.29, 1.82) is 0 Å². The van der Waals surface area contributed by atoms with E-state index in [0.29, 0.717) is 6.42 Å². The predicted molar refractivity (Wildman–Crippen MR) is 145 cm³/mol. The highest BCUT2D eigenvalue weighted by Gasteiger charge is 2.55. The zero-order chi connectivity index (χ0) is 25.4. The minimum atomic E-state index is -1.48. The minimum Gasteiger partial charge on any atom is -0.402 e. The molecule has 8 aliphatic rings. The number of hydrogen-bond acceptors (Lipinski definition) is 2. The van der Waals surface area contributed by atoms with E-state index in [9.17, 15) is 0 Å². The Bertz CT molecular complexity index is 1550. The van der Waals surface area contributed by atoms with E-state index >= 15 is 4.39 Å². The van der Waals surface area contributed by atoms with Gasteiger partial charge in [0.25, 0.3) is 0 Å². The third kappa shape index (κ3) is 2.33. The fourth-order valence-corrected chi connectivity index (χ4v) is 8.17. The van der Waals surface area contributed by atoms with Crippen LogP contribution in [0.2, 0.25) is 0 Å². The topological polar surface area (TPSA) is 52.0 Å². The Hall–Kier alpha value is -3.33. The maximum atomic E-state index is 16.7. The molecule has 0 spiro atoms. The Morgan fingerprint density at radius 2 is 1.78 bits per heavy atom. The molecule has 0 aromatic rings. The largest absolute Gasteiger partial charge is 0.402 e. The zero-order valence-corrected chi connectivity index (χ0v) is 21.6. The molecule has 2 nitrogen and oxygen atoms in total. The third-order valence-corrected chi connectivity index (χ3v) is 9.56. The van der Waals surface area contributed by atoms with E-state index in [0.717, 1.165) is 74.4 Å². The van der Waals surface area contributed by atoms with Crippen LogP contribution in [0.15, 0.2) is 127 Å². The van der Waals surface area contributed by atoms with Gasteiger partial charge >= 0.3 is 0 Å². The highest BCUT2D eigenvalue weighted by Crippen LogP contribution is 2.66. The lowest BCUT2D eigenvalue weighted by Crippen LogP contribution is -2.44. The molecular formula is C33H33FN2. The van der Waals surface area contributed by atoms with Crippen molar-refractivity contribution in [3.63, 3.8) is 0 Å². The number of alkyl halides is 1. The Kier molecular flexibility index (Phi) is 4.08. The summed E-state index contributed by atoms with van der Waals surface area (Å²) in [7, 11) is 0. The molecule has 4 N–H and O–H groups in total. The van der Waals surface area contributed by atoms with Crippen LogP contribution in [0.3, 0.4) is 0 Å². The van der Waals surface area contributed by atoms with Crippen LogP contribution in [0.5, 0.6) is 0 Å². The smallest absolute Gasteiger partial charge is 0.137 e. The van der Waals surface area contributed by atoms with Gasteiger partial charge in [0.15, 0.2) is 0 Å². The summed E-state index contributed by atoms with van der Waals surface area (Å²) in [6.45, 7) is 17.6. The zero-order valence-electron chi connectivity index (χ0n) is 21.6. The molecule has 1 saturated carbocycles. The van der Waals surface area contributed by atoms with E-state index < -0.39 is 5.67 Å². The molecule has 0 aliphatic heterocycles. The SMILES string of the molecule is C=C1C2=CCC(C)(F)C3=C2C2=C4C5=C(/C1=C(C)/C=C\2)C(C)CC(N)=C5C(=C)C1C(N)=CC(CC)=C3C41. The van der Waals surface area contributed by atoms with Gasteiger partial charge in [-0.15, -0.1) is 0 Å². The van der Waals surface area contributed by atoms with Crippen LogP contribution in [-0.4, -0.2) is 5.67 Å². The highest BCUT2D eigenvalue weighted by atomic mass is 19.1. The molecule has 36 heavy (non-hydrogen) atoms. The Labute approximate surface area is 213 Å². The van der Waals surface area contributed by atoms with Crippen molar-refractivity contribution in [3.05, 3.63) is 127 Å². The van der Waals surface area contributed by atoms with Crippen molar-refractivity contribution >= 4 is 0 Å². The summed E-state index contributed by atoms with van der Waals surface area (Å²) in [4.78, 5) is 0. The molecule has 8 rings (SSSR count). The minimum absolute atomic E-state index is 0.0526. The molecule has 4 bridgehead atoms. The maximum absolute atomic E-state index is 16.7. The molecule has 0 heterocycles. The van der Waals surface area contributed by atoms with Crippen LogP contribution in [-0.2, 0) is 0 Å². The van der Waals surface area contributed by atoms with Crippen molar-refractivity contribution in [3.8, 4) is 0 Å². The summed E-state index contributed by atoms with van der Waals surface area (Å²) in [5.74, 6) is 0.0748. The number of nitrogens with two attached hydrogens (primary N) is 2. The van der Waals surface area contributed by atoms with Gasteiger partial charge in [-0.2, -0.15) is 0 Å². The number of fused-ring (bicyclic) bond motifs is 2. The first-order chi connectivity index (χ1) is 17.1. The van der Waals surface area contributed by atoms with Crippen molar-refractivity contribution in [2.45, 2.75) is 52.6 Å². The number of hydrogen-bond donors (Lipinski definition) is 2.